The highest BCUT2D eigenvalue weighted by Crippen LogP contribution is 2.25. The highest BCUT2D eigenvalue weighted by molar-refractivity contribution is 6.40. The third kappa shape index (κ3) is 7.68. The quantitative estimate of drug-likeness (QED) is 0.368. The minimum absolute atomic E-state index is 0. The second-order valence-corrected chi connectivity index (χ2v) is 6.00. The number of isocyanates is 1. The SMILES string of the molecule is COC(=O)[C@@H](N)Cc1ccc(NC(=O)c2c(Cl)cccc2Cl)cc1.Cl.N=C=O. The minimum atomic E-state index is -0.725. The van der Waals surface area contributed by atoms with Crippen LogP contribution in [-0.4, -0.2) is 31.1 Å². The summed E-state index contributed by atoms with van der Waals surface area (Å²) in [7, 11) is 1.29. The molecule has 150 valence electrons. The zero-order valence-electron chi connectivity index (χ0n) is 14.7. The van der Waals surface area contributed by atoms with E-state index in [2.05, 4.69) is 10.1 Å². The molecule has 1 amide bonds. The number of carbonyl (C=O) groups is 2. The Morgan fingerprint density at radius 2 is 1.68 bits per heavy atom. The second kappa shape index (κ2) is 12.9. The number of anilines is 1. The Labute approximate surface area is 178 Å². The van der Waals surface area contributed by atoms with Gasteiger partial charge in [0.15, 0.2) is 0 Å². The van der Waals surface area contributed by atoms with Gasteiger partial charge in [0.25, 0.3) is 5.91 Å². The van der Waals surface area contributed by atoms with E-state index < -0.39 is 17.9 Å². The van der Waals surface area contributed by atoms with Crippen LogP contribution in [0.15, 0.2) is 42.5 Å². The number of hydrogen-bond acceptors (Lipinski definition) is 6. The van der Waals surface area contributed by atoms with Crippen molar-refractivity contribution in [2.45, 2.75) is 12.5 Å². The van der Waals surface area contributed by atoms with E-state index in [1.807, 2.05) is 0 Å². The topological polar surface area (TPSA) is 122 Å². The number of benzene rings is 2. The van der Waals surface area contributed by atoms with Gasteiger partial charge in [-0.2, -0.15) is 0 Å². The molecule has 2 rings (SSSR count). The number of nitrogens with two attached hydrogens (primary N) is 1. The van der Waals surface area contributed by atoms with Crippen LogP contribution in [0.1, 0.15) is 15.9 Å². The van der Waals surface area contributed by atoms with E-state index in [4.69, 9.17) is 39.1 Å². The van der Waals surface area contributed by atoms with Gasteiger partial charge in [-0.3, -0.25) is 9.59 Å². The summed E-state index contributed by atoms with van der Waals surface area (Å²) in [6.45, 7) is 0. The fraction of sp³-hybridized carbons (Fsp3) is 0.167. The first-order valence-corrected chi connectivity index (χ1v) is 8.31. The van der Waals surface area contributed by atoms with Crippen LogP contribution in [0.25, 0.3) is 0 Å². The van der Waals surface area contributed by atoms with Crippen molar-refractivity contribution in [1.29, 1.82) is 5.41 Å². The van der Waals surface area contributed by atoms with Gasteiger partial charge in [-0.15, -0.1) is 12.4 Å². The molecule has 0 aliphatic carbocycles. The molecule has 0 saturated carbocycles. The standard InChI is InChI=1S/C17H16Cl2N2O3.CHNO.ClH/c1-24-17(23)14(20)9-10-5-7-11(8-6-10)21-16(22)15-12(18)3-2-4-13(15)19;2-1-3;/h2-8,14H,9,20H2,1H3,(H,21,22);2H;1H/t14-;;/m0../s1. The first-order valence-electron chi connectivity index (χ1n) is 7.55. The summed E-state index contributed by atoms with van der Waals surface area (Å²) in [6, 6.07) is 11.1. The molecule has 10 heteroatoms. The molecule has 28 heavy (non-hydrogen) atoms. The van der Waals surface area contributed by atoms with Gasteiger partial charge in [0.1, 0.15) is 6.04 Å². The molecule has 0 saturated heterocycles. The molecule has 0 bridgehead atoms. The van der Waals surface area contributed by atoms with Gasteiger partial charge in [0, 0.05) is 5.69 Å². The molecule has 0 fully saturated rings. The molecule has 0 spiro atoms. The van der Waals surface area contributed by atoms with Crippen LogP contribution in [0.4, 0.5) is 5.69 Å². The number of carbonyl (C=O) groups excluding carboxylic acids is 3. The van der Waals surface area contributed by atoms with Crippen LogP contribution in [0.2, 0.25) is 10.0 Å². The van der Waals surface area contributed by atoms with Crippen molar-refractivity contribution in [3.05, 3.63) is 63.6 Å². The van der Waals surface area contributed by atoms with E-state index in [9.17, 15) is 9.59 Å². The average Bonchev–Trinajstić information content (AvgIpc) is 2.63. The van der Waals surface area contributed by atoms with E-state index in [0.29, 0.717) is 12.1 Å². The van der Waals surface area contributed by atoms with Crippen molar-refractivity contribution in [2.24, 2.45) is 5.73 Å². The van der Waals surface area contributed by atoms with E-state index in [-0.39, 0.29) is 28.0 Å². The van der Waals surface area contributed by atoms with Crippen molar-refractivity contribution < 1.29 is 19.1 Å². The molecular weight excluding hydrogens is 429 g/mol. The summed E-state index contributed by atoms with van der Waals surface area (Å²) in [5.41, 5.74) is 7.36. The zero-order chi connectivity index (χ0) is 20.4. The number of esters is 1. The molecule has 4 N–H and O–H groups in total. The Morgan fingerprint density at radius 1 is 1.18 bits per heavy atom. The highest BCUT2D eigenvalue weighted by atomic mass is 35.5. The van der Waals surface area contributed by atoms with Crippen LogP contribution in [0.5, 0.6) is 0 Å². The third-order valence-corrected chi connectivity index (χ3v) is 3.99. The summed E-state index contributed by atoms with van der Waals surface area (Å²) in [4.78, 5) is 32.0. The number of halogens is 3. The summed E-state index contributed by atoms with van der Waals surface area (Å²) in [5, 5.41) is 8.68. The van der Waals surface area contributed by atoms with Gasteiger partial charge in [0.2, 0.25) is 6.08 Å². The molecule has 2 aromatic carbocycles. The fourth-order valence-corrected chi connectivity index (χ4v) is 2.69. The van der Waals surface area contributed by atoms with Gasteiger partial charge >= 0.3 is 5.97 Å². The van der Waals surface area contributed by atoms with Gasteiger partial charge in [0.05, 0.1) is 22.7 Å². The van der Waals surface area contributed by atoms with Crippen LogP contribution in [-0.2, 0) is 20.7 Å². The molecule has 7 nitrogen and oxygen atoms in total. The summed E-state index contributed by atoms with van der Waals surface area (Å²) >= 11 is 12.0. The minimum Gasteiger partial charge on any atom is -0.468 e. The molecule has 0 aromatic heterocycles. The maximum atomic E-state index is 12.3. The molecule has 0 radical (unpaired) electrons. The normalized spacial score (nSPS) is 10.3. The van der Waals surface area contributed by atoms with E-state index in [1.54, 1.807) is 42.5 Å². The van der Waals surface area contributed by atoms with E-state index >= 15 is 0 Å². The van der Waals surface area contributed by atoms with Crippen LogP contribution < -0.4 is 11.1 Å². The van der Waals surface area contributed by atoms with Gasteiger partial charge < -0.3 is 15.8 Å². The maximum absolute atomic E-state index is 12.3. The predicted octanol–water partition coefficient (Wildman–Crippen LogP) is 3.61. The molecule has 0 aliphatic rings. The lowest BCUT2D eigenvalue weighted by Crippen LogP contribution is -2.33. The lowest BCUT2D eigenvalue weighted by Gasteiger charge is -2.11. The molecule has 0 unspecified atom stereocenters. The summed E-state index contributed by atoms with van der Waals surface area (Å²) in [5.74, 6) is -0.870. The lowest BCUT2D eigenvalue weighted by atomic mass is 10.1. The Hall–Kier alpha value is -2.41. The van der Waals surface area contributed by atoms with Crippen molar-refractivity contribution in [3.63, 3.8) is 0 Å². The zero-order valence-corrected chi connectivity index (χ0v) is 17.0. The lowest BCUT2D eigenvalue weighted by molar-refractivity contribution is -0.142. The van der Waals surface area contributed by atoms with E-state index in [1.165, 1.54) is 7.11 Å². The van der Waals surface area contributed by atoms with E-state index in [0.717, 1.165) is 11.6 Å². The van der Waals surface area contributed by atoms with Crippen LogP contribution >= 0.6 is 35.6 Å². The van der Waals surface area contributed by atoms with Crippen LogP contribution in [0, 0.1) is 5.41 Å². The first-order chi connectivity index (χ1) is 12.8. The predicted molar refractivity (Wildman–Crippen MR) is 110 cm³/mol. The molecule has 2 aromatic rings. The van der Waals surface area contributed by atoms with Crippen molar-refractivity contribution in [1.82, 2.24) is 0 Å². The Bertz CT molecular complexity index is 818. The number of nitrogens with one attached hydrogen (secondary N) is 2. The molecule has 0 heterocycles. The fourth-order valence-electron chi connectivity index (χ4n) is 2.12. The monoisotopic (exact) mass is 445 g/mol. The third-order valence-electron chi connectivity index (χ3n) is 3.36. The highest BCUT2D eigenvalue weighted by Gasteiger charge is 2.16. The van der Waals surface area contributed by atoms with Crippen LogP contribution in [0.3, 0.4) is 0 Å². The molecular formula is C18H18Cl3N3O4. The number of ether oxygens (including phenoxy) is 1. The van der Waals surface area contributed by atoms with Crippen molar-refractivity contribution >= 4 is 59.3 Å². The van der Waals surface area contributed by atoms with Gasteiger partial charge in [-0.05, 0) is 36.2 Å². The first kappa shape index (κ1) is 25.6. The maximum Gasteiger partial charge on any atom is 0.322 e. The molecule has 1 atom stereocenters. The van der Waals surface area contributed by atoms with Crippen molar-refractivity contribution in [2.75, 3.05) is 12.4 Å². The Morgan fingerprint density at radius 3 is 2.14 bits per heavy atom. The number of rotatable bonds is 5. The Balaban J connectivity index is 0.00000171. The van der Waals surface area contributed by atoms with Gasteiger partial charge in [-0.25, -0.2) is 10.2 Å². The number of amides is 1. The molecule has 0 aliphatic heterocycles. The average molecular weight is 447 g/mol. The van der Waals surface area contributed by atoms with Gasteiger partial charge in [-0.1, -0.05) is 41.4 Å². The largest absolute Gasteiger partial charge is 0.468 e. The smallest absolute Gasteiger partial charge is 0.322 e. The summed E-state index contributed by atoms with van der Waals surface area (Å²) < 4.78 is 4.59. The number of methoxy groups -OCH3 is 1. The second-order valence-electron chi connectivity index (χ2n) is 5.18. The summed E-state index contributed by atoms with van der Waals surface area (Å²) in [6.07, 6.45) is 1.09. The number of hydrogen-bond donors (Lipinski definition) is 3. The van der Waals surface area contributed by atoms with Crippen molar-refractivity contribution in [3.8, 4) is 0 Å². The Kier molecular flexibility index (Phi) is 11.8.